The maximum absolute atomic E-state index is 14.5. The van der Waals surface area contributed by atoms with Crippen molar-refractivity contribution in [3.8, 4) is 0 Å². The third-order valence-corrected chi connectivity index (χ3v) is 5.77. The number of carbonyl (C=O) groups excluding carboxylic acids is 1. The number of carbonyl (C=O) groups is 2. The Bertz CT molecular complexity index is 941. The maximum Gasteiger partial charge on any atom is 0.407 e. The lowest BCUT2D eigenvalue weighted by Gasteiger charge is -2.44. The molecule has 0 unspecified atom stereocenters. The number of amides is 2. The summed E-state index contributed by atoms with van der Waals surface area (Å²) in [5.41, 5.74) is 1.19. The third kappa shape index (κ3) is 2.41. The Morgan fingerprint density at radius 1 is 1.48 bits per heavy atom. The van der Waals surface area contributed by atoms with E-state index in [-0.39, 0.29) is 34.0 Å². The normalized spacial score (nSPS) is 19.5. The van der Waals surface area contributed by atoms with Crippen molar-refractivity contribution in [1.29, 1.82) is 0 Å². The first-order valence-electron chi connectivity index (χ1n) is 7.40. The number of anilines is 2. The molecule has 7 nitrogen and oxygen atoms in total. The molecule has 2 aliphatic heterocycles. The van der Waals surface area contributed by atoms with Crippen molar-refractivity contribution in [3.63, 3.8) is 0 Å². The van der Waals surface area contributed by atoms with Gasteiger partial charge in [0, 0.05) is 18.5 Å². The average Bonchev–Trinajstić information content (AvgIpc) is 2.59. The summed E-state index contributed by atoms with van der Waals surface area (Å²) in [4.78, 5) is 30.7. The van der Waals surface area contributed by atoms with Gasteiger partial charge in [0.15, 0.2) is 5.82 Å². The highest BCUT2D eigenvalue weighted by Gasteiger charge is 2.40. The Balaban J connectivity index is 1.90. The van der Waals surface area contributed by atoms with Crippen molar-refractivity contribution in [2.75, 3.05) is 29.9 Å². The van der Waals surface area contributed by atoms with E-state index in [1.165, 1.54) is 11.1 Å². The molecule has 2 aromatic rings. The van der Waals surface area contributed by atoms with Crippen LogP contribution in [0, 0.1) is 5.82 Å². The fourth-order valence-corrected chi connectivity index (χ4v) is 3.79. The Morgan fingerprint density at radius 2 is 2.24 bits per heavy atom. The number of hydrogen-bond acceptors (Lipinski definition) is 4. The number of rotatable bonds is 0. The first-order valence-corrected chi connectivity index (χ1v) is 8.57. The van der Waals surface area contributed by atoms with Gasteiger partial charge in [0.2, 0.25) is 5.91 Å². The average molecular weight is 430 g/mol. The molecule has 0 saturated carbocycles. The van der Waals surface area contributed by atoms with E-state index in [0.717, 1.165) is 0 Å². The fourth-order valence-electron chi connectivity index (χ4n) is 3.29. The second-order valence-electron chi connectivity index (χ2n) is 5.83. The molecule has 2 N–H and O–H groups in total. The molecule has 2 amide bonds. The highest BCUT2D eigenvalue weighted by Crippen LogP contribution is 2.42. The van der Waals surface area contributed by atoms with Crippen molar-refractivity contribution in [1.82, 2.24) is 9.88 Å². The van der Waals surface area contributed by atoms with Gasteiger partial charge in [0.05, 0.1) is 33.6 Å². The number of carboxylic acid groups (broad SMARTS) is 1. The van der Waals surface area contributed by atoms with Gasteiger partial charge in [-0.3, -0.25) is 9.78 Å². The molecule has 1 saturated heterocycles. The SMILES string of the molecule is O=C1Nc2cnc3c(F)c(Br)c(Cl)cc3c2N2CCN(C(=O)O)C[C@H]12. The number of piperazine rings is 1. The van der Waals surface area contributed by atoms with Crippen LogP contribution in [0.5, 0.6) is 0 Å². The van der Waals surface area contributed by atoms with E-state index in [1.54, 1.807) is 11.0 Å². The molecule has 0 radical (unpaired) electrons. The van der Waals surface area contributed by atoms with Gasteiger partial charge in [-0.2, -0.15) is 0 Å². The van der Waals surface area contributed by atoms with Crippen LogP contribution in [0.15, 0.2) is 16.7 Å². The van der Waals surface area contributed by atoms with E-state index in [0.29, 0.717) is 23.3 Å². The lowest BCUT2D eigenvalue weighted by Crippen LogP contribution is -2.61. The second kappa shape index (κ2) is 5.70. The van der Waals surface area contributed by atoms with Gasteiger partial charge in [0.25, 0.3) is 0 Å². The number of aromatic nitrogens is 1. The molecule has 0 aliphatic carbocycles. The molecule has 4 rings (SSSR count). The van der Waals surface area contributed by atoms with E-state index < -0.39 is 18.0 Å². The summed E-state index contributed by atoms with van der Waals surface area (Å²) in [5.74, 6) is -0.897. The van der Waals surface area contributed by atoms with Gasteiger partial charge in [-0.05, 0) is 22.0 Å². The predicted octanol–water partition coefficient (Wildman–Crippen LogP) is 2.91. The number of hydrogen-bond donors (Lipinski definition) is 2. The molecule has 0 bridgehead atoms. The molecular weight excluding hydrogens is 419 g/mol. The maximum atomic E-state index is 14.5. The van der Waals surface area contributed by atoms with E-state index in [1.807, 2.05) is 0 Å². The minimum atomic E-state index is -1.07. The summed E-state index contributed by atoms with van der Waals surface area (Å²) in [5, 5.41) is 12.6. The van der Waals surface area contributed by atoms with Crippen LogP contribution >= 0.6 is 27.5 Å². The molecule has 1 aromatic carbocycles. The Labute approximate surface area is 154 Å². The van der Waals surface area contributed by atoms with Gasteiger partial charge in [-0.15, -0.1) is 0 Å². The topological polar surface area (TPSA) is 85.8 Å². The monoisotopic (exact) mass is 428 g/mol. The summed E-state index contributed by atoms with van der Waals surface area (Å²) < 4.78 is 14.6. The summed E-state index contributed by atoms with van der Waals surface area (Å²) in [7, 11) is 0. The van der Waals surface area contributed by atoms with Crippen LogP contribution in [-0.4, -0.2) is 52.7 Å². The Morgan fingerprint density at radius 3 is 2.96 bits per heavy atom. The lowest BCUT2D eigenvalue weighted by atomic mass is 10.0. The highest BCUT2D eigenvalue weighted by atomic mass is 79.9. The summed E-state index contributed by atoms with van der Waals surface area (Å²) >= 11 is 9.19. The van der Waals surface area contributed by atoms with E-state index >= 15 is 0 Å². The van der Waals surface area contributed by atoms with Crippen LogP contribution in [0.4, 0.5) is 20.6 Å². The number of fused-ring (bicyclic) bond motifs is 5. The smallest absolute Gasteiger partial charge is 0.407 e. The number of nitrogens with one attached hydrogen (secondary N) is 1. The lowest BCUT2D eigenvalue weighted by molar-refractivity contribution is -0.118. The van der Waals surface area contributed by atoms with Crippen LogP contribution in [0.25, 0.3) is 10.9 Å². The van der Waals surface area contributed by atoms with Crippen molar-refractivity contribution < 1.29 is 19.1 Å². The van der Waals surface area contributed by atoms with Crippen molar-refractivity contribution in [2.45, 2.75) is 6.04 Å². The van der Waals surface area contributed by atoms with Crippen LogP contribution in [0.2, 0.25) is 5.02 Å². The number of benzene rings is 1. The van der Waals surface area contributed by atoms with Crippen molar-refractivity contribution >= 4 is 61.8 Å². The fraction of sp³-hybridized carbons (Fsp3) is 0.267. The predicted molar refractivity (Wildman–Crippen MR) is 93.8 cm³/mol. The molecule has 2 aliphatic rings. The highest BCUT2D eigenvalue weighted by molar-refractivity contribution is 9.10. The zero-order valence-corrected chi connectivity index (χ0v) is 14.9. The molecule has 0 spiro atoms. The van der Waals surface area contributed by atoms with Crippen molar-refractivity contribution in [3.05, 3.63) is 27.6 Å². The first kappa shape index (κ1) is 16.3. The van der Waals surface area contributed by atoms with Crippen LogP contribution < -0.4 is 10.2 Å². The minimum Gasteiger partial charge on any atom is -0.465 e. The number of nitrogens with zero attached hydrogens (tertiary/aromatic N) is 3. The zero-order chi connectivity index (χ0) is 17.9. The van der Waals surface area contributed by atoms with E-state index in [4.69, 9.17) is 11.6 Å². The molecule has 1 fully saturated rings. The Kier molecular flexibility index (Phi) is 3.73. The van der Waals surface area contributed by atoms with Crippen LogP contribution in [-0.2, 0) is 4.79 Å². The van der Waals surface area contributed by atoms with Crippen LogP contribution in [0.3, 0.4) is 0 Å². The van der Waals surface area contributed by atoms with Gasteiger partial charge in [-0.25, -0.2) is 9.18 Å². The summed E-state index contributed by atoms with van der Waals surface area (Å²) in [6.07, 6.45) is 0.328. The number of halogens is 3. The van der Waals surface area contributed by atoms with Gasteiger partial charge < -0.3 is 20.2 Å². The third-order valence-electron chi connectivity index (χ3n) is 4.47. The molecule has 1 aromatic heterocycles. The molecule has 130 valence electrons. The molecule has 1 atom stereocenters. The minimum absolute atomic E-state index is 0.0389. The van der Waals surface area contributed by atoms with E-state index in [2.05, 4.69) is 26.2 Å². The second-order valence-corrected chi connectivity index (χ2v) is 7.03. The summed E-state index contributed by atoms with van der Waals surface area (Å²) in [6, 6.07) is 0.905. The quantitative estimate of drug-likeness (QED) is 0.629. The van der Waals surface area contributed by atoms with Gasteiger partial charge in [-0.1, -0.05) is 11.6 Å². The molecule has 10 heteroatoms. The number of pyridine rings is 1. The van der Waals surface area contributed by atoms with Gasteiger partial charge in [0.1, 0.15) is 11.6 Å². The first-order chi connectivity index (χ1) is 11.9. The molecular formula is C15H11BrClFN4O3. The molecule has 25 heavy (non-hydrogen) atoms. The summed E-state index contributed by atoms with van der Waals surface area (Å²) in [6.45, 7) is 0.595. The zero-order valence-electron chi connectivity index (χ0n) is 12.6. The largest absolute Gasteiger partial charge is 0.465 e. The van der Waals surface area contributed by atoms with E-state index in [9.17, 15) is 19.1 Å². The van der Waals surface area contributed by atoms with Crippen molar-refractivity contribution in [2.24, 2.45) is 0 Å². The standard InChI is InChI=1S/C15H11BrClFN4O3/c16-10-7(17)3-6-12(11(10)18)19-4-8-13(6)22-2-1-21(15(24)25)5-9(22)14(23)20-8/h3-4,9H,1-2,5H2,(H,20,23)(H,24,25)/t9-/m1/s1. The molecule has 3 heterocycles. The Hall–Kier alpha value is -2.13. The van der Waals surface area contributed by atoms with Crippen LogP contribution in [0.1, 0.15) is 0 Å². The van der Waals surface area contributed by atoms with Gasteiger partial charge >= 0.3 is 6.09 Å².